The van der Waals surface area contributed by atoms with E-state index in [1.54, 1.807) is 12.5 Å². The topological polar surface area (TPSA) is 3.24 Å². The van der Waals surface area contributed by atoms with Crippen LogP contribution in [-0.4, -0.2) is 45.5 Å². The molecule has 1 nitrogen and oxygen atoms in total. The Balaban J connectivity index is 4.08. The second kappa shape index (κ2) is 11.9. The fourth-order valence-corrected chi connectivity index (χ4v) is 12.6. The minimum absolute atomic E-state index is 0.873. The number of hydrogen-bond acceptors (Lipinski definition) is 1. The van der Waals surface area contributed by atoms with E-state index in [9.17, 15) is 0 Å². The van der Waals surface area contributed by atoms with Crippen LogP contribution in [-0.2, 0) is 0 Å². The van der Waals surface area contributed by atoms with E-state index in [0.717, 1.165) is 6.04 Å². The summed E-state index contributed by atoms with van der Waals surface area (Å²) in [6.07, 6.45) is 5.74. The van der Waals surface area contributed by atoms with Crippen LogP contribution in [0.25, 0.3) is 0 Å². The third-order valence-electron chi connectivity index (χ3n) is 4.10. The molecular formula is C15H34InN. The van der Waals surface area contributed by atoms with Crippen LogP contribution in [0.4, 0.5) is 0 Å². The molecule has 0 rings (SSSR count). The van der Waals surface area contributed by atoms with Crippen molar-refractivity contribution in [2.45, 2.75) is 78.9 Å². The van der Waals surface area contributed by atoms with Crippen LogP contribution in [0.2, 0.25) is 12.5 Å². The summed E-state index contributed by atoms with van der Waals surface area (Å²) in [4.78, 5) is 2.67. The molecule has 0 bridgehead atoms. The Kier molecular flexibility index (Phi) is 12.5. The van der Waals surface area contributed by atoms with E-state index in [1.807, 2.05) is 0 Å². The van der Waals surface area contributed by atoms with Crippen molar-refractivity contribution in [3.05, 3.63) is 0 Å². The van der Waals surface area contributed by atoms with Crippen LogP contribution >= 0.6 is 0 Å². The van der Waals surface area contributed by atoms with Crippen molar-refractivity contribution in [1.29, 1.82) is 0 Å². The van der Waals surface area contributed by atoms with Gasteiger partial charge in [0.1, 0.15) is 0 Å². The molecule has 0 heterocycles. The Hall–Kier alpha value is 0.830. The number of nitrogens with zero attached hydrogens (tertiary/aromatic N) is 1. The van der Waals surface area contributed by atoms with Gasteiger partial charge in [-0.25, -0.2) is 0 Å². The van der Waals surface area contributed by atoms with Crippen molar-refractivity contribution < 1.29 is 0 Å². The minimum atomic E-state index is -1.10. The van der Waals surface area contributed by atoms with E-state index < -0.39 is 21.4 Å². The summed E-state index contributed by atoms with van der Waals surface area (Å²) in [5.74, 6) is 0. The molecule has 2 heteroatoms. The van der Waals surface area contributed by atoms with E-state index in [4.69, 9.17) is 0 Å². The predicted molar refractivity (Wildman–Crippen MR) is 82.4 cm³/mol. The average Bonchev–Trinajstić information content (AvgIpc) is 2.34. The SMILES string of the molecule is CC[CH2][In]([CH2]CC)[CH2]CC(CC)N(CC)CC. The fraction of sp³-hybridized carbons (Fsp3) is 1.00. The fourth-order valence-electron chi connectivity index (χ4n) is 3.06. The second-order valence-corrected chi connectivity index (χ2v) is 15.2. The first-order valence-corrected chi connectivity index (χ1v) is 15.0. The van der Waals surface area contributed by atoms with E-state index in [0.29, 0.717) is 0 Å². The zero-order valence-corrected chi connectivity index (χ0v) is 16.3. The number of rotatable bonds is 11. The van der Waals surface area contributed by atoms with Crippen LogP contribution in [0, 0.1) is 0 Å². The van der Waals surface area contributed by atoms with Crippen molar-refractivity contribution in [2.24, 2.45) is 0 Å². The maximum absolute atomic E-state index is 2.67. The molecule has 0 aromatic heterocycles. The zero-order valence-electron chi connectivity index (χ0n) is 13.0. The van der Waals surface area contributed by atoms with Gasteiger partial charge in [-0.05, 0) is 0 Å². The molecule has 0 fully saturated rings. The Labute approximate surface area is 118 Å². The third kappa shape index (κ3) is 7.77. The van der Waals surface area contributed by atoms with Crippen molar-refractivity contribution >= 4 is 21.4 Å². The molecule has 0 amide bonds. The Morgan fingerprint density at radius 2 is 1.35 bits per heavy atom. The predicted octanol–water partition coefficient (Wildman–Crippen LogP) is 4.81. The quantitative estimate of drug-likeness (QED) is 0.520. The first-order valence-electron chi connectivity index (χ1n) is 7.97. The Morgan fingerprint density at radius 1 is 0.824 bits per heavy atom. The Morgan fingerprint density at radius 3 is 1.71 bits per heavy atom. The van der Waals surface area contributed by atoms with Crippen LogP contribution in [0.15, 0.2) is 0 Å². The van der Waals surface area contributed by atoms with Gasteiger partial charge in [-0.1, -0.05) is 0 Å². The summed E-state index contributed by atoms with van der Waals surface area (Å²) < 4.78 is 4.94. The van der Waals surface area contributed by atoms with Gasteiger partial charge in [0, 0.05) is 0 Å². The molecule has 1 atom stereocenters. The molecule has 0 N–H and O–H groups in total. The molecular weight excluding hydrogens is 309 g/mol. The molecule has 0 saturated carbocycles. The molecule has 0 aliphatic heterocycles. The second-order valence-electron chi connectivity index (χ2n) is 5.30. The molecule has 0 aromatic rings. The molecule has 102 valence electrons. The molecule has 0 aromatic carbocycles. The van der Waals surface area contributed by atoms with Gasteiger partial charge in [0.05, 0.1) is 0 Å². The summed E-state index contributed by atoms with van der Waals surface area (Å²) in [6.45, 7) is 14.2. The van der Waals surface area contributed by atoms with Gasteiger partial charge in [-0.15, -0.1) is 0 Å². The third-order valence-corrected chi connectivity index (χ3v) is 15.3. The molecule has 0 aliphatic carbocycles. The van der Waals surface area contributed by atoms with E-state index in [-0.39, 0.29) is 0 Å². The standard InChI is InChI=1S/C9H20N.2C3H7.In/c1-5-9(6-2)10(7-3)8-4;2*1-3-2;/h9H,1,5-8H2,2-4H3;2*1,3H2,2H3;. The summed E-state index contributed by atoms with van der Waals surface area (Å²) in [7, 11) is 0. The average molecular weight is 343 g/mol. The van der Waals surface area contributed by atoms with Crippen molar-refractivity contribution in [1.82, 2.24) is 4.90 Å². The number of hydrogen-bond donors (Lipinski definition) is 0. The molecule has 0 saturated heterocycles. The van der Waals surface area contributed by atoms with E-state index in [1.165, 1.54) is 38.8 Å². The van der Waals surface area contributed by atoms with Crippen LogP contribution in [0.5, 0.6) is 0 Å². The summed E-state index contributed by atoms with van der Waals surface area (Å²) in [5.41, 5.74) is 0. The normalized spacial score (nSPS) is 13.1. The van der Waals surface area contributed by atoms with Gasteiger partial charge < -0.3 is 0 Å². The maximum atomic E-state index is 2.67. The summed E-state index contributed by atoms with van der Waals surface area (Å²) >= 11 is -1.10. The monoisotopic (exact) mass is 343 g/mol. The van der Waals surface area contributed by atoms with Crippen molar-refractivity contribution in [3.63, 3.8) is 0 Å². The van der Waals surface area contributed by atoms with Crippen LogP contribution in [0.1, 0.15) is 60.3 Å². The van der Waals surface area contributed by atoms with Gasteiger partial charge in [-0.2, -0.15) is 0 Å². The van der Waals surface area contributed by atoms with Crippen LogP contribution in [0.3, 0.4) is 0 Å². The van der Waals surface area contributed by atoms with E-state index in [2.05, 4.69) is 39.5 Å². The molecule has 0 radical (unpaired) electrons. The molecule has 17 heavy (non-hydrogen) atoms. The summed E-state index contributed by atoms with van der Waals surface area (Å²) in [6, 6.07) is 0.873. The van der Waals surface area contributed by atoms with Gasteiger partial charge in [0.2, 0.25) is 0 Å². The van der Waals surface area contributed by atoms with Gasteiger partial charge in [0.25, 0.3) is 0 Å². The van der Waals surface area contributed by atoms with Crippen LogP contribution < -0.4 is 0 Å². The zero-order chi connectivity index (χ0) is 13.1. The molecule has 0 aliphatic rings. The summed E-state index contributed by atoms with van der Waals surface area (Å²) in [5, 5.41) is 0. The van der Waals surface area contributed by atoms with Crippen molar-refractivity contribution in [2.75, 3.05) is 13.1 Å². The van der Waals surface area contributed by atoms with E-state index >= 15 is 0 Å². The first-order chi connectivity index (χ1) is 8.23. The van der Waals surface area contributed by atoms with Gasteiger partial charge >= 0.3 is 118 Å². The van der Waals surface area contributed by atoms with Gasteiger partial charge in [0.15, 0.2) is 0 Å². The van der Waals surface area contributed by atoms with Crippen molar-refractivity contribution in [3.8, 4) is 0 Å². The molecule has 1 unspecified atom stereocenters. The Bertz CT molecular complexity index is 151. The first kappa shape index (κ1) is 17.8. The van der Waals surface area contributed by atoms with Gasteiger partial charge in [-0.3, -0.25) is 0 Å². The molecule has 0 spiro atoms.